The summed E-state index contributed by atoms with van der Waals surface area (Å²) in [5.41, 5.74) is 1.81. The first kappa shape index (κ1) is 12.0. The molecule has 2 aromatic rings. The van der Waals surface area contributed by atoms with Gasteiger partial charge in [0.15, 0.2) is 11.5 Å². The van der Waals surface area contributed by atoms with E-state index >= 15 is 0 Å². The molecule has 0 bridgehead atoms. The summed E-state index contributed by atoms with van der Waals surface area (Å²) in [4.78, 5) is 0. The van der Waals surface area contributed by atoms with E-state index in [0.29, 0.717) is 0 Å². The normalized spacial score (nSPS) is 10.7. The Balaban J connectivity index is 2.21. The molecule has 2 rings (SSSR count). The highest BCUT2D eigenvalue weighted by molar-refractivity contribution is 5.71. The second-order valence-corrected chi connectivity index (χ2v) is 3.86. The number of benzene rings is 2. The Morgan fingerprint density at radius 1 is 0.889 bits per heavy atom. The van der Waals surface area contributed by atoms with E-state index in [1.54, 1.807) is 13.2 Å². The van der Waals surface area contributed by atoms with Crippen LogP contribution in [0, 0.1) is 0 Å². The fraction of sp³-hybridized carbons (Fsp3) is 0.0667. The van der Waals surface area contributed by atoms with Gasteiger partial charge in [-0.05, 0) is 35.4 Å². The summed E-state index contributed by atoms with van der Waals surface area (Å²) in [5.74, 6) is 0.557. The van der Waals surface area contributed by atoms with Crippen LogP contribution in [-0.4, -0.2) is 17.3 Å². The van der Waals surface area contributed by atoms with Crippen LogP contribution in [0.25, 0.3) is 12.2 Å². The maximum absolute atomic E-state index is 9.38. The lowest BCUT2D eigenvalue weighted by atomic mass is 10.1. The van der Waals surface area contributed by atoms with Crippen molar-refractivity contribution < 1.29 is 14.9 Å². The van der Waals surface area contributed by atoms with E-state index in [-0.39, 0.29) is 11.5 Å². The molecule has 0 aromatic heterocycles. The molecule has 0 amide bonds. The molecule has 18 heavy (non-hydrogen) atoms. The van der Waals surface area contributed by atoms with Crippen LogP contribution in [0.15, 0.2) is 42.5 Å². The number of phenols is 2. The lowest BCUT2D eigenvalue weighted by molar-refractivity contribution is 0.403. The van der Waals surface area contributed by atoms with Crippen molar-refractivity contribution in [3.8, 4) is 17.2 Å². The van der Waals surface area contributed by atoms with Gasteiger partial charge >= 0.3 is 0 Å². The largest absolute Gasteiger partial charge is 0.504 e. The lowest BCUT2D eigenvalue weighted by Crippen LogP contribution is -1.82. The van der Waals surface area contributed by atoms with Crippen molar-refractivity contribution in [3.05, 3.63) is 53.6 Å². The number of hydrogen-bond donors (Lipinski definition) is 2. The minimum Gasteiger partial charge on any atom is -0.504 e. The Bertz CT molecular complexity index is 574. The van der Waals surface area contributed by atoms with Crippen molar-refractivity contribution in [2.75, 3.05) is 7.11 Å². The van der Waals surface area contributed by atoms with Gasteiger partial charge in [0, 0.05) is 0 Å². The first-order valence-corrected chi connectivity index (χ1v) is 5.53. The first-order valence-electron chi connectivity index (χ1n) is 5.53. The average molecular weight is 242 g/mol. The Morgan fingerprint density at radius 2 is 1.61 bits per heavy atom. The van der Waals surface area contributed by atoms with Gasteiger partial charge in [0.2, 0.25) is 0 Å². The zero-order valence-electron chi connectivity index (χ0n) is 10.00. The van der Waals surface area contributed by atoms with Crippen LogP contribution in [0.5, 0.6) is 17.2 Å². The molecule has 0 spiro atoms. The molecule has 2 N–H and O–H groups in total. The Morgan fingerprint density at radius 3 is 2.28 bits per heavy atom. The molecule has 0 saturated carbocycles. The fourth-order valence-corrected chi connectivity index (χ4v) is 1.58. The molecule has 0 aliphatic rings. The van der Waals surface area contributed by atoms with Crippen molar-refractivity contribution in [2.24, 2.45) is 0 Å². The predicted molar refractivity (Wildman–Crippen MR) is 71.7 cm³/mol. The van der Waals surface area contributed by atoms with E-state index in [1.165, 1.54) is 12.1 Å². The third-order valence-corrected chi connectivity index (χ3v) is 2.56. The van der Waals surface area contributed by atoms with Gasteiger partial charge in [-0.25, -0.2) is 0 Å². The molecule has 0 aliphatic heterocycles. The highest BCUT2D eigenvalue weighted by Gasteiger charge is 1.98. The second-order valence-electron chi connectivity index (χ2n) is 3.86. The summed E-state index contributed by atoms with van der Waals surface area (Å²) in [7, 11) is 1.63. The summed E-state index contributed by atoms with van der Waals surface area (Å²) in [6.45, 7) is 0. The maximum atomic E-state index is 9.38. The first-order chi connectivity index (χ1) is 8.69. The fourth-order valence-electron chi connectivity index (χ4n) is 1.58. The standard InChI is InChI=1S/C15H14O3/c1-18-13-4-2-3-11(9-13)5-6-12-7-8-14(16)15(17)10-12/h2-10,16-17H,1H3/b6-5+. The van der Waals surface area contributed by atoms with Crippen molar-refractivity contribution >= 4 is 12.2 Å². The van der Waals surface area contributed by atoms with Crippen molar-refractivity contribution in [1.29, 1.82) is 0 Å². The third-order valence-electron chi connectivity index (χ3n) is 2.56. The predicted octanol–water partition coefficient (Wildman–Crippen LogP) is 3.28. The van der Waals surface area contributed by atoms with Gasteiger partial charge in [-0.2, -0.15) is 0 Å². The SMILES string of the molecule is COc1cccc(/C=C/c2ccc(O)c(O)c2)c1. The van der Waals surface area contributed by atoms with Crippen molar-refractivity contribution in [1.82, 2.24) is 0 Å². The monoisotopic (exact) mass is 242 g/mol. The van der Waals surface area contributed by atoms with E-state index in [0.717, 1.165) is 16.9 Å². The molecule has 0 unspecified atom stereocenters. The minimum absolute atomic E-state index is 0.117. The summed E-state index contributed by atoms with van der Waals surface area (Å²) in [6, 6.07) is 12.4. The molecule has 0 aliphatic carbocycles. The zero-order chi connectivity index (χ0) is 13.0. The Labute approximate surface area is 106 Å². The molecule has 0 fully saturated rings. The van der Waals surface area contributed by atoms with E-state index in [2.05, 4.69) is 0 Å². The molecule has 92 valence electrons. The summed E-state index contributed by atoms with van der Waals surface area (Å²) >= 11 is 0. The van der Waals surface area contributed by atoms with Gasteiger partial charge in [-0.15, -0.1) is 0 Å². The number of methoxy groups -OCH3 is 1. The molecule has 0 heterocycles. The quantitative estimate of drug-likeness (QED) is 0.641. The van der Waals surface area contributed by atoms with E-state index in [1.807, 2.05) is 36.4 Å². The molecule has 0 radical (unpaired) electrons. The van der Waals surface area contributed by atoms with Crippen LogP contribution in [-0.2, 0) is 0 Å². The summed E-state index contributed by atoms with van der Waals surface area (Å²) in [5, 5.41) is 18.6. The van der Waals surface area contributed by atoms with Crippen LogP contribution in [0.3, 0.4) is 0 Å². The third kappa shape index (κ3) is 2.83. The zero-order valence-corrected chi connectivity index (χ0v) is 10.00. The van der Waals surface area contributed by atoms with Crippen LogP contribution >= 0.6 is 0 Å². The highest BCUT2D eigenvalue weighted by Crippen LogP contribution is 2.25. The number of ether oxygens (including phenoxy) is 1. The molecule has 0 saturated heterocycles. The minimum atomic E-state index is -0.122. The molecule has 3 heteroatoms. The summed E-state index contributed by atoms with van der Waals surface area (Å²) < 4.78 is 5.13. The van der Waals surface area contributed by atoms with Crippen LogP contribution in [0.1, 0.15) is 11.1 Å². The van der Waals surface area contributed by atoms with Crippen LogP contribution in [0.2, 0.25) is 0 Å². The molecular weight excluding hydrogens is 228 g/mol. The van der Waals surface area contributed by atoms with Gasteiger partial charge in [0.1, 0.15) is 5.75 Å². The van der Waals surface area contributed by atoms with Crippen LogP contribution < -0.4 is 4.74 Å². The number of hydrogen-bond acceptors (Lipinski definition) is 3. The second kappa shape index (κ2) is 5.27. The Kier molecular flexibility index (Phi) is 3.53. The van der Waals surface area contributed by atoms with Crippen molar-refractivity contribution in [2.45, 2.75) is 0 Å². The lowest BCUT2D eigenvalue weighted by Gasteiger charge is -2.01. The van der Waals surface area contributed by atoms with Gasteiger partial charge in [-0.1, -0.05) is 30.4 Å². The van der Waals surface area contributed by atoms with Crippen LogP contribution in [0.4, 0.5) is 0 Å². The maximum Gasteiger partial charge on any atom is 0.157 e. The molecular formula is C15H14O3. The van der Waals surface area contributed by atoms with Gasteiger partial charge < -0.3 is 14.9 Å². The Hall–Kier alpha value is -2.42. The van der Waals surface area contributed by atoms with E-state index in [9.17, 15) is 10.2 Å². The van der Waals surface area contributed by atoms with Gasteiger partial charge in [0.05, 0.1) is 7.11 Å². The summed E-state index contributed by atoms with van der Waals surface area (Å²) in [6.07, 6.45) is 3.77. The van der Waals surface area contributed by atoms with E-state index < -0.39 is 0 Å². The van der Waals surface area contributed by atoms with E-state index in [4.69, 9.17) is 4.74 Å². The highest BCUT2D eigenvalue weighted by atomic mass is 16.5. The molecule has 3 nitrogen and oxygen atoms in total. The topological polar surface area (TPSA) is 49.7 Å². The van der Waals surface area contributed by atoms with Gasteiger partial charge in [-0.3, -0.25) is 0 Å². The number of phenolic OH excluding ortho intramolecular Hbond substituents is 2. The molecule has 2 aromatic carbocycles. The molecule has 0 atom stereocenters. The average Bonchev–Trinajstić information content (AvgIpc) is 2.40. The number of aromatic hydroxyl groups is 2. The van der Waals surface area contributed by atoms with Gasteiger partial charge in [0.25, 0.3) is 0 Å². The van der Waals surface area contributed by atoms with Crippen molar-refractivity contribution in [3.63, 3.8) is 0 Å². The smallest absolute Gasteiger partial charge is 0.157 e. The number of rotatable bonds is 3.